The number of benzene rings is 1. The topological polar surface area (TPSA) is 30.5 Å². The van der Waals surface area contributed by atoms with E-state index in [1.807, 2.05) is 19.1 Å². The van der Waals surface area contributed by atoms with E-state index in [0.717, 1.165) is 50.5 Å². The molecule has 2 N–H and O–H groups in total. The van der Waals surface area contributed by atoms with Crippen molar-refractivity contribution in [2.75, 3.05) is 39.3 Å². The minimum atomic E-state index is -0.157. The molecule has 1 aromatic carbocycles. The van der Waals surface area contributed by atoms with E-state index in [9.17, 15) is 4.39 Å². The Bertz CT molecular complexity index is 660. The predicted octanol–water partition coefficient (Wildman–Crippen LogP) is 2.74. The molecule has 0 spiro atoms. The highest BCUT2D eigenvalue weighted by Crippen LogP contribution is 2.22. The van der Waals surface area contributed by atoms with E-state index in [0.29, 0.717) is 11.5 Å². The van der Waals surface area contributed by atoms with E-state index < -0.39 is 0 Å². The number of halogens is 1. The van der Waals surface area contributed by atoms with Crippen molar-refractivity contribution in [1.29, 1.82) is 0 Å². The molecule has 1 fully saturated rings. The number of hydrazine groups is 1. The molecule has 2 aliphatic heterocycles. The Hall–Kier alpha value is -1.85. The van der Waals surface area contributed by atoms with Crippen LogP contribution < -0.4 is 10.7 Å². The van der Waals surface area contributed by atoms with Crippen molar-refractivity contribution in [3.63, 3.8) is 0 Å². The average molecular weight is 344 g/mol. The molecule has 0 saturated carbocycles. The van der Waals surface area contributed by atoms with Gasteiger partial charge in [0.15, 0.2) is 0 Å². The molecule has 0 aliphatic carbocycles. The molecule has 0 radical (unpaired) electrons. The molecule has 0 bridgehead atoms. The molecule has 4 nitrogen and oxygen atoms in total. The Morgan fingerprint density at radius 1 is 1.20 bits per heavy atom. The first-order chi connectivity index (χ1) is 12.0. The van der Waals surface area contributed by atoms with Crippen LogP contribution >= 0.6 is 0 Å². The average Bonchev–Trinajstić information content (AvgIpc) is 2.57. The summed E-state index contributed by atoms with van der Waals surface area (Å²) >= 11 is 0. The van der Waals surface area contributed by atoms with Crippen molar-refractivity contribution in [2.45, 2.75) is 20.8 Å². The molecule has 1 aromatic rings. The van der Waals surface area contributed by atoms with Gasteiger partial charge in [0.1, 0.15) is 5.82 Å². The molecular formula is C20H29FN4. The number of piperazine rings is 1. The third-order valence-electron chi connectivity index (χ3n) is 4.56. The molecule has 2 heterocycles. The van der Waals surface area contributed by atoms with Crippen LogP contribution in [0.4, 0.5) is 4.39 Å². The Balaban J connectivity index is 1.82. The maximum absolute atomic E-state index is 13.6. The minimum Gasteiger partial charge on any atom is -0.314 e. The SMILES string of the molecule is Cc1cc(C2=CC(CN3CCNCC3)=CN(CC(C)C)N2)ccc1F. The van der Waals surface area contributed by atoms with Crippen molar-refractivity contribution in [2.24, 2.45) is 5.92 Å². The first-order valence-electron chi connectivity index (χ1n) is 9.16. The van der Waals surface area contributed by atoms with Gasteiger partial charge in [-0.15, -0.1) is 0 Å². The number of rotatable bonds is 5. The molecule has 2 aliphatic rings. The maximum Gasteiger partial charge on any atom is 0.126 e. The van der Waals surface area contributed by atoms with Gasteiger partial charge in [0.05, 0.1) is 5.70 Å². The summed E-state index contributed by atoms with van der Waals surface area (Å²) in [5.74, 6) is 0.397. The van der Waals surface area contributed by atoms with Gasteiger partial charge in [-0.1, -0.05) is 13.8 Å². The van der Waals surface area contributed by atoms with Crippen molar-refractivity contribution in [1.82, 2.24) is 20.7 Å². The molecule has 1 saturated heterocycles. The number of nitrogens with zero attached hydrogens (tertiary/aromatic N) is 2. The molecule has 0 atom stereocenters. The molecule has 0 amide bonds. The Labute approximate surface area is 150 Å². The van der Waals surface area contributed by atoms with Crippen LogP contribution in [-0.4, -0.2) is 49.2 Å². The fourth-order valence-corrected chi connectivity index (χ4v) is 3.31. The van der Waals surface area contributed by atoms with Gasteiger partial charge in [0, 0.05) is 45.5 Å². The zero-order chi connectivity index (χ0) is 17.8. The molecule has 136 valence electrons. The summed E-state index contributed by atoms with van der Waals surface area (Å²) in [4.78, 5) is 2.48. The molecular weight excluding hydrogens is 315 g/mol. The number of nitrogens with one attached hydrogen (secondary N) is 2. The number of hydrogen-bond acceptors (Lipinski definition) is 4. The minimum absolute atomic E-state index is 0.157. The summed E-state index contributed by atoms with van der Waals surface area (Å²) in [6.07, 6.45) is 4.41. The lowest BCUT2D eigenvalue weighted by Gasteiger charge is -2.33. The van der Waals surface area contributed by atoms with Crippen LogP contribution in [0.5, 0.6) is 0 Å². The summed E-state index contributed by atoms with van der Waals surface area (Å²) in [7, 11) is 0. The van der Waals surface area contributed by atoms with Gasteiger partial charge >= 0.3 is 0 Å². The van der Waals surface area contributed by atoms with E-state index in [1.165, 1.54) is 5.57 Å². The van der Waals surface area contributed by atoms with Crippen molar-refractivity contribution in [3.05, 3.63) is 53.0 Å². The second-order valence-electron chi connectivity index (χ2n) is 7.41. The van der Waals surface area contributed by atoms with Crippen LogP contribution in [0.15, 0.2) is 36.0 Å². The number of aryl methyl sites for hydroxylation is 1. The fourth-order valence-electron chi connectivity index (χ4n) is 3.31. The second-order valence-corrected chi connectivity index (χ2v) is 7.41. The van der Waals surface area contributed by atoms with Crippen LogP contribution in [0.25, 0.3) is 5.70 Å². The molecule has 0 unspecified atom stereocenters. The summed E-state index contributed by atoms with van der Waals surface area (Å²) in [6, 6.07) is 5.31. The Morgan fingerprint density at radius 3 is 2.64 bits per heavy atom. The van der Waals surface area contributed by atoms with E-state index in [1.54, 1.807) is 6.07 Å². The van der Waals surface area contributed by atoms with Gasteiger partial charge in [0.25, 0.3) is 0 Å². The zero-order valence-electron chi connectivity index (χ0n) is 15.5. The highest BCUT2D eigenvalue weighted by Gasteiger charge is 2.17. The summed E-state index contributed by atoms with van der Waals surface area (Å²) in [5, 5.41) is 5.56. The monoisotopic (exact) mass is 344 g/mol. The maximum atomic E-state index is 13.6. The largest absolute Gasteiger partial charge is 0.314 e. The van der Waals surface area contributed by atoms with Crippen LogP contribution in [0.1, 0.15) is 25.0 Å². The van der Waals surface area contributed by atoms with Crippen LogP contribution in [0.2, 0.25) is 0 Å². The third-order valence-corrected chi connectivity index (χ3v) is 4.56. The van der Waals surface area contributed by atoms with Gasteiger partial charge in [-0.3, -0.25) is 15.3 Å². The number of hydrogen-bond donors (Lipinski definition) is 2. The van der Waals surface area contributed by atoms with Crippen molar-refractivity contribution < 1.29 is 4.39 Å². The lowest BCUT2D eigenvalue weighted by molar-refractivity contribution is 0.250. The highest BCUT2D eigenvalue weighted by molar-refractivity contribution is 5.68. The van der Waals surface area contributed by atoms with Crippen molar-refractivity contribution >= 4 is 5.70 Å². The van der Waals surface area contributed by atoms with Crippen LogP contribution in [0.3, 0.4) is 0 Å². The normalized spacial score (nSPS) is 18.8. The first kappa shape index (κ1) is 18.0. The lowest BCUT2D eigenvalue weighted by atomic mass is 10.0. The smallest absolute Gasteiger partial charge is 0.126 e. The van der Waals surface area contributed by atoms with E-state index in [4.69, 9.17) is 0 Å². The molecule has 0 aromatic heterocycles. The standard InChI is InChI=1S/C20H29FN4/c1-15(2)12-25-14-17(13-24-8-6-22-7-9-24)11-20(23-25)18-4-5-19(21)16(3)10-18/h4-5,10-11,14-15,22-23H,6-9,12-13H2,1-3H3. The third kappa shape index (κ3) is 4.83. The summed E-state index contributed by atoms with van der Waals surface area (Å²) in [6.45, 7) is 12.4. The quantitative estimate of drug-likeness (QED) is 0.860. The lowest BCUT2D eigenvalue weighted by Crippen LogP contribution is -2.45. The van der Waals surface area contributed by atoms with Gasteiger partial charge in [-0.25, -0.2) is 4.39 Å². The van der Waals surface area contributed by atoms with Gasteiger partial charge in [-0.05, 0) is 53.8 Å². The summed E-state index contributed by atoms with van der Waals surface area (Å²) in [5.41, 5.74) is 7.51. The molecule has 25 heavy (non-hydrogen) atoms. The van der Waals surface area contributed by atoms with Crippen LogP contribution in [-0.2, 0) is 0 Å². The Kier molecular flexibility index (Phi) is 5.76. The van der Waals surface area contributed by atoms with Gasteiger partial charge < -0.3 is 5.32 Å². The van der Waals surface area contributed by atoms with E-state index in [-0.39, 0.29) is 5.82 Å². The molecule has 5 heteroatoms. The highest BCUT2D eigenvalue weighted by atomic mass is 19.1. The van der Waals surface area contributed by atoms with Crippen LogP contribution in [0, 0.1) is 18.7 Å². The predicted molar refractivity (Wildman–Crippen MR) is 101 cm³/mol. The van der Waals surface area contributed by atoms with Gasteiger partial charge in [0.2, 0.25) is 0 Å². The zero-order valence-corrected chi connectivity index (χ0v) is 15.5. The van der Waals surface area contributed by atoms with E-state index >= 15 is 0 Å². The first-order valence-corrected chi connectivity index (χ1v) is 9.16. The summed E-state index contributed by atoms with van der Waals surface area (Å²) < 4.78 is 13.6. The fraction of sp³-hybridized carbons (Fsp3) is 0.500. The second kappa shape index (κ2) is 8.02. The van der Waals surface area contributed by atoms with Crippen molar-refractivity contribution in [3.8, 4) is 0 Å². The Morgan fingerprint density at radius 2 is 1.96 bits per heavy atom. The van der Waals surface area contributed by atoms with Gasteiger partial charge in [-0.2, -0.15) is 0 Å². The molecule has 3 rings (SSSR count). The van der Waals surface area contributed by atoms with E-state index in [2.05, 4.69) is 46.8 Å².